The van der Waals surface area contributed by atoms with Gasteiger partial charge in [0, 0.05) is 44.8 Å². The fraction of sp³-hybridized carbons (Fsp3) is 0.290. The van der Waals surface area contributed by atoms with E-state index < -0.39 is 23.7 Å². The maximum absolute atomic E-state index is 14.0. The van der Waals surface area contributed by atoms with E-state index in [1.54, 1.807) is 31.2 Å². The summed E-state index contributed by atoms with van der Waals surface area (Å²) >= 11 is 3.39. The molecule has 1 fully saturated rings. The lowest BCUT2D eigenvalue weighted by Crippen LogP contribution is -2.40. The smallest absolute Gasteiger partial charge is 0.238 e. The average Bonchev–Trinajstić information content (AvgIpc) is 3.20. The Kier molecular flexibility index (Phi) is 6.29. The molecular formula is C31H26BrNO7. The number of hydrogen-bond donors (Lipinski definition) is 1. The molecule has 0 bridgehead atoms. The molecule has 1 N–H and O–H groups in total. The predicted octanol–water partition coefficient (Wildman–Crippen LogP) is 4.81. The number of phenols is 1. The molecule has 0 aromatic heterocycles. The molecule has 1 heterocycles. The van der Waals surface area contributed by atoms with Crippen molar-refractivity contribution >= 4 is 45.0 Å². The van der Waals surface area contributed by atoms with Gasteiger partial charge in [-0.15, -0.1) is 0 Å². The average molecular weight is 604 g/mol. The van der Waals surface area contributed by atoms with E-state index in [2.05, 4.69) is 15.9 Å². The van der Waals surface area contributed by atoms with Crippen molar-refractivity contribution in [3.05, 3.63) is 80.9 Å². The number of allylic oxidation sites excluding steroid dienone is 6. The molecule has 9 heteroatoms. The molecular weight excluding hydrogens is 578 g/mol. The van der Waals surface area contributed by atoms with Crippen LogP contribution in [0.15, 0.2) is 75.3 Å². The molecule has 2 amide bonds. The zero-order valence-corrected chi connectivity index (χ0v) is 23.7. The van der Waals surface area contributed by atoms with Crippen molar-refractivity contribution in [3.8, 4) is 17.2 Å². The molecule has 204 valence electrons. The summed E-state index contributed by atoms with van der Waals surface area (Å²) in [5.74, 6) is -3.17. The van der Waals surface area contributed by atoms with Crippen LogP contribution in [0.1, 0.15) is 31.2 Å². The number of rotatable bonds is 4. The van der Waals surface area contributed by atoms with Gasteiger partial charge < -0.3 is 14.6 Å². The molecule has 40 heavy (non-hydrogen) atoms. The van der Waals surface area contributed by atoms with Gasteiger partial charge >= 0.3 is 0 Å². The maximum Gasteiger partial charge on any atom is 0.238 e. The number of anilines is 1. The van der Waals surface area contributed by atoms with E-state index in [4.69, 9.17) is 9.47 Å². The number of phenolic OH excluding ortho intramolecular Hbond substituents is 1. The summed E-state index contributed by atoms with van der Waals surface area (Å²) in [6.45, 7) is 1.61. The van der Waals surface area contributed by atoms with E-state index >= 15 is 0 Å². The Morgan fingerprint density at radius 2 is 1.60 bits per heavy atom. The summed E-state index contributed by atoms with van der Waals surface area (Å²) in [6.07, 6.45) is 3.76. The molecule has 0 spiro atoms. The molecule has 1 aliphatic heterocycles. The molecule has 0 saturated carbocycles. The van der Waals surface area contributed by atoms with E-state index in [9.17, 15) is 24.3 Å². The number of carbonyl (C=O) groups excluding carboxylic acids is 4. The predicted molar refractivity (Wildman–Crippen MR) is 149 cm³/mol. The van der Waals surface area contributed by atoms with Gasteiger partial charge in [-0.3, -0.25) is 24.1 Å². The fourth-order valence-electron chi connectivity index (χ4n) is 6.75. The first-order valence-corrected chi connectivity index (χ1v) is 13.7. The summed E-state index contributed by atoms with van der Waals surface area (Å²) < 4.78 is 12.1. The third kappa shape index (κ3) is 3.78. The number of amides is 2. The van der Waals surface area contributed by atoms with Crippen LogP contribution < -0.4 is 14.4 Å². The highest BCUT2D eigenvalue weighted by Gasteiger charge is 2.57. The van der Waals surface area contributed by atoms with E-state index in [1.165, 1.54) is 37.3 Å². The number of halogens is 1. The van der Waals surface area contributed by atoms with Gasteiger partial charge in [0.2, 0.25) is 11.8 Å². The summed E-state index contributed by atoms with van der Waals surface area (Å²) in [5, 5.41) is 10.3. The van der Waals surface area contributed by atoms with E-state index in [-0.39, 0.29) is 47.1 Å². The number of nitrogens with zero attached hydrogens (tertiary/aromatic N) is 1. The molecule has 2 aromatic rings. The highest BCUT2D eigenvalue weighted by Crippen LogP contribution is 2.58. The third-order valence-corrected chi connectivity index (χ3v) is 9.00. The largest absolute Gasteiger partial charge is 0.508 e. The Balaban J connectivity index is 1.54. The lowest BCUT2D eigenvalue weighted by Gasteiger charge is -2.42. The number of methoxy groups -OCH3 is 2. The second kappa shape index (κ2) is 9.59. The molecule has 2 aromatic carbocycles. The number of imide groups is 1. The van der Waals surface area contributed by atoms with Crippen molar-refractivity contribution in [1.82, 2.24) is 0 Å². The summed E-state index contributed by atoms with van der Waals surface area (Å²) in [6, 6.07) is 9.87. The van der Waals surface area contributed by atoms with Crippen LogP contribution in [0.2, 0.25) is 0 Å². The van der Waals surface area contributed by atoms with Gasteiger partial charge in [-0.1, -0.05) is 27.6 Å². The molecule has 6 rings (SSSR count). The molecule has 8 nitrogen and oxygen atoms in total. The standard InChI is InChI=1S/C31H26BrNO7/c1-14-10-22(35)21-13-20-18(26(27(21)29(14)36)28-23(39-2)11-17(34)12-24(28)40-3)8-9-19-25(20)31(38)33(30(19)37)16-6-4-15(32)5-7-16/h4-8,10-12,19-20,25-26,34H,9,13H2,1-3H3. The number of ketones is 2. The van der Waals surface area contributed by atoms with Crippen LogP contribution in [-0.4, -0.2) is 42.7 Å². The van der Waals surface area contributed by atoms with E-state index in [0.717, 1.165) is 10.0 Å². The Labute approximate surface area is 239 Å². The first-order chi connectivity index (χ1) is 19.2. The number of ether oxygens (including phenoxy) is 2. The topological polar surface area (TPSA) is 110 Å². The normalized spacial score (nSPS) is 25.8. The zero-order chi connectivity index (χ0) is 28.5. The minimum Gasteiger partial charge on any atom is -0.508 e. The molecule has 4 aliphatic rings. The van der Waals surface area contributed by atoms with Crippen LogP contribution in [0.3, 0.4) is 0 Å². The van der Waals surface area contributed by atoms with Gasteiger partial charge in [0.1, 0.15) is 17.2 Å². The Morgan fingerprint density at radius 3 is 2.23 bits per heavy atom. The monoisotopic (exact) mass is 603 g/mol. The second-order valence-electron chi connectivity index (χ2n) is 10.5. The minimum absolute atomic E-state index is 0.0828. The van der Waals surface area contributed by atoms with Crippen molar-refractivity contribution in [2.24, 2.45) is 17.8 Å². The number of benzene rings is 2. The third-order valence-electron chi connectivity index (χ3n) is 8.47. The maximum atomic E-state index is 14.0. The van der Waals surface area contributed by atoms with Gasteiger partial charge in [0.15, 0.2) is 11.6 Å². The highest BCUT2D eigenvalue weighted by atomic mass is 79.9. The Bertz CT molecular complexity index is 1570. The number of Topliss-reactive ketones (excluding diaryl/α,β-unsaturated/α-hetero) is 1. The van der Waals surface area contributed by atoms with E-state index in [0.29, 0.717) is 34.4 Å². The van der Waals surface area contributed by atoms with Crippen molar-refractivity contribution < 1.29 is 33.8 Å². The van der Waals surface area contributed by atoms with Crippen LogP contribution in [0.25, 0.3) is 0 Å². The fourth-order valence-corrected chi connectivity index (χ4v) is 7.01. The van der Waals surface area contributed by atoms with Crippen molar-refractivity contribution in [2.45, 2.75) is 25.7 Å². The zero-order valence-electron chi connectivity index (χ0n) is 22.1. The van der Waals surface area contributed by atoms with Crippen LogP contribution in [-0.2, 0) is 19.2 Å². The van der Waals surface area contributed by atoms with Crippen molar-refractivity contribution in [1.29, 1.82) is 0 Å². The van der Waals surface area contributed by atoms with Crippen LogP contribution in [0.5, 0.6) is 17.2 Å². The minimum atomic E-state index is -0.759. The number of hydrogen-bond acceptors (Lipinski definition) is 7. The lowest BCUT2D eigenvalue weighted by molar-refractivity contribution is -0.123. The molecule has 1 saturated heterocycles. The second-order valence-corrected chi connectivity index (χ2v) is 11.4. The van der Waals surface area contributed by atoms with Gasteiger partial charge in [-0.2, -0.15) is 0 Å². The SMILES string of the molecule is COc1cc(O)cc(OC)c1C1C2=CCC3C(=O)N(c4ccc(Br)cc4)C(=O)C3C2CC2=C1C(=O)C(C)=CC2=O. The molecule has 3 aliphatic carbocycles. The first kappa shape index (κ1) is 26.3. The summed E-state index contributed by atoms with van der Waals surface area (Å²) in [5.41, 5.74) is 2.74. The van der Waals surface area contributed by atoms with Gasteiger partial charge in [-0.05, 0) is 56.0 Å². The van der Waals surface area contributed by atoms with Crippen LogP contribution in [0, 0.1) is 17.8 Å². The van der Waals surface area contributed by atoms with Gasteiger partial charge in [-0.25, -0.2) is 0 Å². The van der Waals surface area contributed by atoms with Crippen molar-refractivity contribution in [2.75, 3.05) is 19.1 Å². The van der Waals surface area contributed by atoms with Gasteiger partial charge in [0.05, 0.1) is 31.7 Å². The lowest BCUT2D eigenvalue weighted by atomic mass is 9.59. The molecule has 0 radical (unpaired) electrons. The summed E-state index contributed by atoms with van der Waals surface area (Å²) in [4.78, 5) is 55.9. The number of carbonyl (C=O) groups is 4. The highest BCUT2D eigenvalue weighted by molar-refractivity contribution is 9.10. The first-order valence-electron chi connectivity index (χ1n) is 12.9. The van der Waals surface area contributed by atoms with Crippen LogP contribution >= 0.6 is 15.9 Å². The molecule has 4 atom stereocenters. The van der Waals surface area contributed by atoms with Gasteiger partial charge in [0.25, 0.3) is 0 Å². The number of fused-ring (bicyclic) bond motifs is 3. The quantitative estimate of drug-likeness (QED) is 0.303. The van der Waals surface area contributed by atoms with Crippen molar-refractivity contribution in [3.63, 3.8) is 0 Å². The Hall–Kier alpha value is -3.98. The van der Waals surface area contributed by atoms with Crippen LogP contribution in [0.4, 0.5) is 5.69 Å². The molecule has 4 unspecified atom stereocenters. The Morgan fingerprint density at radius 1 is 0.950 bits per heavy atom. The number of aromatic hydroxyl groups is 1. The summed E-state index contributed by atoms with van der Waals surface area (Å²) in [7, 11) is 2.90. The van der Waals surface area contributed by atoms with E-state index in [1.807, 2.05) is 6.08 Å².